The van der Waals surface area contributed by atoms with Crippen LogP contribution in [-0.2, 0) is 4.74 Å². The lowest BCUT2D eigenvalue weighted by molar-refractivity contribution is 0.0947. The summed E-state index contributed by atoms with van der Waals surface area (Å²) >= 11 is 1.41. The number of aromatic nitrogens is 1. The maximum atomic E-state index is 12.3. The van der Waals surface area contributed by atoms with E-state index >= 15 is 0 Å². The number of nitrogens with zero attached hydrogens (tertiary/aromatic N) is 2. The lowest BCUT2D eigenvalue weighted by atomic mass is 10.3. The number of amides is 1. The molecule has 0 spiro atoms. The van der Waals surface area contributed by atoms with Gasteiger partial charge in [0.05, 0.1) is 5.69 Å². The Morgan fingerprint density at radius 3 is 2.78 bits per heavy atom. The molecule has 1 amide bonds. The Balaban J connectivity index is 1.99. The second kappa shape index (κ2) is 8.64. The van der Waals surface area contributed by atoms with E-state index in [1.165, 1.54) is 11.3 Å². The average molecular weight is 333 g/mol. The molecule has 0 atom stereocenters. The number of hydrogen-bond donors (Lipinski definition) is 1. The van der Waals surface area contributed by atoms with Gasteiger partial charge in [-0.2, -0.15) is 0 Å². The third-order valence-electron chi connectivity index (χ3n) is 3.38. The van der Waals surface area contributed by atoms with Crippen LogP contribution in [0.4, 0.5) is 10.8 Å². The molecule has 5 nitrogen and oxygen atoms in total. The van der Waals surface area contributed by atoms with Crippen molar-refractivity contribution in [2.75, 3.05) is 31.7 Å². The topological polar surface area (TPSA) is 54.5 Å². The van der Waals surface area contributed by atoms with E-state index in [1.807, 2.05) is 56.1 Å². The Morgan fingerprint density at radius 1 is 1.35 bits per heavy atom. The number of benzene rings is 1. The van der Waals surface area contributed by atoms with Crippen LogP contribution in [0.25, 0.3) is 0 Å². The van der Waals surface area contributed by atoms with E-state index in [0.29, 0.717) is 24.6 Å². The van der Waals surface area contributed by atoms with E-state index in [-0.39, 0.29) is 5.91 Å². The molecule has 1 aromatic carbocycles. The van der Waals surface area contributed by atoms with Crippen molar-refractivity contribution in [2.45, 2.75) is 20.3 Å². The van der Waals surface area contributed by atoms with E-state index < -0.39 is 0 Å². The molecule has 0 saturated heterocycles. The zero-order chi connectivity index (χ0) is 16.7. The standard InChI is InChI=1S/C17H23N3O2S/c1-4-22-12-8-11-18-16(21)15-13(2)19-17(23-15)20(3)14-9-6-5-7-10-14/h5-7,9-10H,4,8,11-12H2,1-3H3,(H,18,21). The van der Waals surface area contributed by atoms with Crippen LogP contribution in [-0.4, -0.2) is 37.7 Å². The summed E-state index contributed by atoms with van der Waals surface area (Å²) in [5.41, 5.74) is 1.81. The number of nitrogens with one attached hydrogen (secondary N) is 1. The Bertz CT molecular complexity index is 628. The zero-order valence-electron chi connectivity index (χ0n) is 13.8. The first-order valence-corrected chi connectivity index (χ1v) is 8.57. The number of carbonyl (C=O) groups excluding carboxylic acids is 1. The van der Waals surface area contributed by atoms with Gasteiger partial charge in [-0.15, -0.1) is 0 Å². The number of para-hydroxylation sites is 1. The quantitative estimate of drug-likeness (QED) is 0.753. The van der Waals surface area contributed by atoms with Crippen LogP contribution in [0.1, 0.15) is 28.7 Å². The van der Waals surface area contributed by atoms with Gasteiger partial charge in [-0.05, 0) is 32.4 Å². The molecule has 1 heterocycles. The summed E-state index contributed by atoms with van der Waals surface area (Å²) in [5.74, 6) is -0.0655. The van der Waals surface area contributed by atoms with E-state index in [4.69, 9.17) is 4.74 Å². The number of thiazole rings is 1. The predicted octanol–water partition coefficient (Wildman–Crippen LogP) is 3.38. The molecule has 0 saturated carbocycles. The van der Waals surface area contributed by atoms with Crippen molar-refractivity contribution in [3.63, 3.8) is 0 Å². The summed E-state index contributed by atoms with van der Waals surface area (Å²) in [6.07, 6.45) is 0.814. The lowest BCUT2D eigenvalue weighted by Gasteiger charge is -2.15. The number of carbonyl (C=O) groups is 1. The maximum Gasteiger partial charge on any atom is 0.263 e. The highest BCUT2D eigenvalue weighted by atomic mass is 32.1. The van der Waals surface area contributed by atoms with Crippen LogP contribution in [0, 0.1) is 6.92 Å². The zero-order valence-corrected chi connectivity index (χ0v) is 14.7. The highest BCUT2D eigenvalue weighted by Crippen LogP contribution is 2.30. The fourth-order valence-corrected chi connectivity index (χ4v) is 3.06. The molecule has 23 heavy (non-hydrogen) atoms. The minimum Gasteiger partial charge on any atom is -0.382 e. The molecule has 1 aromatic heterocycles. The minimum atomic E-state index is -0.0655. The summed E-state index contributed by atoms with van der Waals surface area (Å²) in [7, 11) is 1.96. The Kier molecular flexibility index (Phi) is 6.55. The molecule has 1 N–H and O–H groups in total. The Hall–Kier alpha value is -1.92. The monoisotopic (exact) mass is 333 g/mol. The molecule has 0 aliphatic carbocycles. The molecule has 0 bridgehead atoms. The second-order valence-electron chi connectivity index (χ2n) is 5.11. The lowest BCUT2D eigenvalue weighted by Crippen LogP contribution is -2.25. The third-order valence-corrected chi connectivity index (χ3v) is 4.61. The van der Waals surface area contributed by atoms with Gasteiger partial charge in [-0.1, -0.05) is 29.5 Å². The molecule has 2 aromatic rings. The number of aryl methyl sites for hydroxylation is 1. The molecule has 0 fully saturated rings. The van der Waals surface area contributed by atoms with Crippen molar-refractivity contribution < 1.29 is 9.53 Å². The summed E-state index contributed by atoms with van der Waals surface area (Å²) in [6, 6.07) is 9.98. The van der Waals surface area contributed by atoms with Gasteiger partial charge in [0.25, 0.3) is 5.91 Å². The van der Waals surface area contributed by atoms with Gasteiger partial charge in [0, 0.05) is 32.5 Å². The molecule has 0 aliphatic heterocycles. The van der Waals surface area contributed by atoms with Gasteiger partial charge >= 0.3 is 0 Å². The molecular weight excluding hydrogens is 310 g/mol. The van der Waals surface area contributed by atoms with Crippen LogP contribution < -0.4 is 10.2 Å². The van der Waals surface area contributed by atoms with E-state index in [1.54, 1.807) is 0 Å². The van der Waals surface area contributed by atoms with Crippen LogP contribution in [0.2, 0.25) is 0 Å². The van der Waals surface area contributed by atoms with Gasteiger partial charge < -0.3 is 15.0 Å². The van der Waals surface area contributed by atoms with Crippen molar-refractivity contribution in [3.05, 3.63) is 40.9 Å². The Morgan fingerprint density at radius 2 is 2.09 bits per heavy atom. The average Bonchev–Trinajstić information content (AvgIpc) is 2.96. The fourth-order valence-electron chi connectivity index (χ4n) is 2.10. The first-order chi connectivity index (χ1) is 11.1. The third kappa shape index (κ3) is 4.77. The van der Waals surface area contributed by atoms with Crippen molar-refractivity contribution in [3.8, 4) is 0 Å². The van der Waals surface area contributed by atoms with Crippen molar-refractivity contribution in [1.29, 1.82) is 0 Å². The van der Waals surface area contributed by atoms with Gasteiger partial charge in [0.15, 0.2) is 5.13 Å². The van der Waals surface area contributed by atoms with Gasteiger partial charge in [-0.3, -0.25) is 4.79 Å². The number of ether oxygens (including phenoxy) is 1. The van der Waals surface area contributed by atoms with Crippen LogP contribution >= 0.6 is 11.3 Å². The van der Waals surface area contributed by atoms with E-state index in [0.717, 1.165) is 22.9 Å². The second-order valence-corrected chi connectivity index (χ2v) is 6.09. The van der Waals surface area contributed by atoms with Crippen LogP contribution in [0.5, 0.6) is 0 Å². The van der Waals surface area contributed by atoms with Crippen molar-refractivity contribution in [1.82, 2.24) is 10.3 Å². The first-order valence-electron chi connectivity index (χ1n) is 7.75. The molecule has 124 valence electrons. The summed E-state index contributed by atoms with van der Waals surface area (Å²) < 4.78 is 5.26. The Labute approximate surface area is 141 Å². The van der Waals surface area contributed by atoms with Crippen LogP contribution in [0.15, 0.2) is 30.3 Å². The minimum absolute atomic E-state index is 0.0655. The molecule has 0 radical (unpaired) electrons. The summed E-state index contributed by atoms with van der Waals surface area (Å²) in [5, 5.41) is 3.74. The molecule has 0 aliphatic rings. The van der Waals surface area contributed by atoms with E-state index in [9.17, 15) is 4.79 Å². The number of hydrogen-bond acceptors (Lipinski definition) is 5. The SMILES string of the molecule is CCOCCCNC(=O)c1sc(N(C)c2ccccc2)nc1C. The smallest absolute Gasteiger partial charge is 0.263 e. The van der Waals surface area contributed by atoms with Crippen LogP contribution in [0.3, 0.4) is 0 Å². The fraction of sp³-hybridized carbons (Fsp3) is 0.412. The van der Waals surface area contributed by atoms with Crippen molar-refractivity contribution in [2.24, 2.45) is 0 Å². The van der Waals surface area contributed by atoms with Crippen molar-refractivity contribution >= 4 is 28.1 Å². The number of rotatable bonds is 8. The summed E-state index contributed by atoms with van der Waals surface area (Å²) in [4.78, 5) is 19.5. The molecule has 0 unspecified atom stereocenters. The van der Waals surface area contributed by atoms with Gasteiger partial charge in [0.2, 0.25) is 0 Å². The van der Waals surface area contributed by atoms with E-state index in [2.05, 4.69) is 10.3 Å². The predicted molar refractivity (Wildman–Crippen MR) is 94.8 cm³/mol. The molecule has 6 heteroatoms. The molecular formula is C17H23N3O2S. The highest BCUT2D eigenvalue weighted by molar-refractivity contribution is 7.17. The highest BCUT2D eigenvalue weighted by Gasteiger charge is 2.17. The van der Waals surface area contributed by atoms with Gasteiger partial charge in [-0.25, -0.2) is 4.98 Å². The normalized spacial score (nSPS) is 10.6. The summed E-state index contributed by atoms with van der Waals surface area (Å²) in [6.45, 7) is 5.82. The maximum absolute atomic E-state index is 12.3. The largest absolute Gasteiger partial charge is 0.382 e. The van der Waals surface area contributed by atoms with Gasteiger partial charge in [0.1, 0.15) is 4.88 Å². The molecule has 2 rings (SSSR count). The number of anilines is 2. The first kappa shape index (κ1) is 17.4.